The lowest BCUT2D eigenvalue weighted by atomic mass is 10.1. The molecule has 17 heavy (non-hydrogen) atoms. The van der Waals surface area contributed by atoms with Crippen LogP contribution in [0.3, 0.4) is 0 Å². The fraction of sp³-hybridized carbons (Fsp3) is 0.833. The molecule has 0 unspecified atom stereocenters. The van der Waals surface area contributed by atoms with Gasteiger partial charge in [0, 0.05) is 10.00 Å². The number of nitrogens with one attached hydrogen (secondary N) is 1. The summed E-state index contributed by atoms with van der Waals surface area (Å²) in [7, 11) is 0. The van der Waals surface area contributed by atoms with E-state index in [0.29, 0.717) is 5.25 Å². The monoisotopic (exact) mass is 275 g/mol. The topological polar surface area (TPSA) is 46.2 Å². The van der Waals surface area contributed by atoms with E-state index in [4.69, 9.17) is 0 Å². The first-order chi connectivity index (χ1) is 7.99. The smallest absolute Gasteiger partial charge is 0.279 e. The molecule has 5 heteroatoms. The average molecular weight is 275 g/mol. The largest absolute Gasteiger partial charge is 0.336 e. The Labute approximate surface area is 112 Å². The summed E-state index contributed by atoms with van der Waals surface area (Å²) in [5.41, 5.74) is 0. The van der Waals surface area contributed by atoms with Crippen LogP contribution in [0.1, 0.15) is 39.5 Å². The molecule has 3 nitrogen and oxygen atoms in total. The Morgan fingerprint density at radius 3 is 2.47 bits per heavy atom. The summed E-state index contributed by atoms with van der Waals surface area (Å²) in [6.07, 6.45) is 7.47. The van der Waals surface area contributed by atoms with E-state index >= 15 is 0 Å². The maximum Gasteiger partial charge on any atom is 0.279 e. The molecule has 0 radical (unpaired) electrons. The van der Waals surface area contributed by atoms with Crippen molar-refractivity contribution in [3.05, 3.63) is 0 Å². The molecule has 1 N–H and O–H groups in total. The van der Waals surface area contributed by atoms with Gasteiger partial charge in [0.25, 0.3) is 5.24 Å². The summed E-state index contributed by atoms with van der Waals surface area (Å²) in [5.74, 6) is 0. The van der Waals surface area contributed by atoms with Gasteiger partial charge < -0.3 is 10.1 Å². The number of rotatable bonds is 5. The van der Waals surface area contributed by atoms with E-state index in [1.807, 2.05) is 20.1 Å². The zero-order valence-corrected chi connectivity index (χ0v) is 12.3. The van der Waals surface area contributed by atoms with Gasteiger partial charge in [0.05, 0.1) is 6.04 Å². The number of carbonyl (C=O) groups excluding carboxylic acids is 2. The van der Waals surface area contributed by atoms with E-state index in [9.17, 15) is 9.59 Å². The minimum Gasteiger partial charge on any atom is -0.336 e. The number of aldehydes is 1. The van der Waals surface area contributed by atoms with Crippen molar-refractivity contribution >= 4 is 35.0 Å². The maximum absolute atomic E-state index is 11.8. The van der Waals surface area contributed by atoms with Crippen molar-refractivity contribution in [2.45, 2.75) is 55.6 Å². The van der Waals surface area contributed by atoms with Gasteiger partial charge in [0.2, 0.25) is 0 Å². The summed E-state index contributed by atoms with van der Waals surface area (Å²) < 4.78 is -0.256. The van der Waals surface area contributed by atoms with Crippen LogP contribution in [-0.2, 0) is 4.79 Å². The molecule has 98 valence electrons. The van der Waals surface area contributed by atoms with Crippen molar-refractivity contribution in [3.63, 3.8) is 0 Å². The van der Waals surface area contributed by atoms with E-state index in [0.717, 1.165) is 19.1 Å². The molecule has 0 saturated heterocycles. The Kier molecular flexibility index (Phi) is 5.86. The fourth-order valence-electron chi connectivity index (χ4n) is 1.82. The number of hydrogen-bond acceptors (Lipinski definition) is 4. The minimum atomic E-state index is -0.418. The van der Waals surface area contributed by atoms with Crippen molar-refractivity contribution in [1.82, 2.24) is 5.32 Å². The second-order valence-electron chi connectivity index (χ2n) is 4.88. The molecule has 1 amide bonds. The molecule has 0 aromatic carbocycles. The van der Waals surface area contributed by atoms with E-state index in [2.05, 4.69) is 5.32 Å². The van der Waals surface area contributed by atoms with Crippen molar-refractivity contribution in [2.75, 3.05) is 6.26 Å². The Bertz CT molecular complexity index is 276. The number of carbonyl (C=O) groups is 2. The highest BCUT2D eigenvalue weighted by Gasteiger charge is 2.30. The third-order valence-electron chi connectivity index (χ3n) is 3.26. The molecule has 1 rings (SSSR count). The van der Waals surface area contributed by atoms with Crippen LogP contribution in [-0.4, -0.2) is 33.8 Å². The average Bonchev–Trinajstić information content (AvgIpc) is 2.78. The van der Waals surface area contributed by atoms with Gasteiger partial charge in [-0.05, 0) is 32.9 Å². The quantitative estimate of drug-likeness (QED) is 0.783. The van der Waals surface area contributed by atoms with E-state index in [-0.39, 0.29) is 9.99 Å². The fourth-order valence-corrected chi connectivity index (χ4v) is 3.25. The maximum atomic E-state index is 11.8. The highest BCUT2D eigenvalue weighted by Crippen LogP contribution is 2.30. The van der Waals surface area contributed by atoms with Gasteiger partial charge in [-0.2, -0.15) is 11.8 Å². The molecule has 0 aromatic heterocycles. The molecule has 1 aliphatic rings. The van der Waals surface area contributed by atoms with E-state index in [1.165, 1.54) is 24.6 Å². The second kappa shape index (κ2) is 6.69. The minimum absolute atomic E-state index is 0.0591. The molecule has 1 aliphatic carbocycles. The number of amides is 1. The molecular weight excluding hydrogens is 254 g/mol. The van der Waals surface area contributed by atoms with Crippen LogP contribution in [0.4, 0.5) is 4.79 Å². The second-order valence-corrected chi connectivity index (χ2v) is 7.61. The van der Waals surface area contributed by atoms with E-state index < -0.39 is 6.04 Å². The lowest BCUT2D eigenvalue weighted by molar-refractivity contribution is -0.109. The first-order valence-corrected chi connectivity index (χ1v) is 8.07. The van der Waals surface area contributed by atoms with Crippen molar-refractivity contribution in [1.29, 1.82) is 0 Å². The van der Waals surface area contributed by atoms with Gasteiger partial charge in [-0.1, -0.05) is 24.6 Å². The molecule has 1 saturated carbocycles. The van der Waals surface area contributed by atoms with Crippen LogP contribution < -0.4 is 5.32 Å². The zero-order valence-electron chi connectivity index (χ0n) is 10.7. The van der Waals surface area contributed by atoms with Gasteiger partial charge >= 0.3 is 0 Å². The van der Waals surface area contributed by atoms with Crippen molar-refractivity contribution in [2.24, 2.45) is 0 Å². The number of hydrogen-bond donors (Lipinski definition) is 1. The molecule has 0 heterocycles. The molecule has 0 aromatic rings. The summed E-state index contributed by atoms with van der Waals surface area (Å²) in [5, 5.41) is 3.20. The summed E-state index contributed by atoms with van der Waals surface area (Å²) in [6, 6.07) is -0.418. The molecule has 0 bridgehead atoms. The van der Waals surface area contributed by atoms with Crippen LogP contribution in [0.25, 0.3) is 0 Å². The highest BCUT2D eigenvalue weighted by atomic mass is 32.2. The lowest BCUT2D eigenvalue weighted by Crippen LogP contribution is -2.47. The number of thioether (sulfide) groups is 2. The Morgan fingerprint density at radius 1 is 1.41 bits per heavy atom. The Balaban J connectivity index is 2.44. The van der Waals surface area contributed by atoms with Crippen LogP contribution >= 0.6 is 23.5 Å². The first kappa shape index (κ1) is 14.9. The zero-order chi connectivity index (χ0) is 12.9. The standard InChI is InChI=1S/C12H21NO2S2/c1-12(2,16-3)10(8-14)13-11(15)17-9-6-4-5-7-9/h8-10H,4-7H2,1-3H3,(H,13,15)/t10-/m1/s1. The lowest BCUT2D eigenvalue weighted by Gasteiger charge is -2.29. The first-order valence-electron chi connectivity index (χ1n) is 5.97. The molecular formula is C12H21NO2S2. The Hall–Kier alpha value is -0.160. The van der Waals surface area contributed by atoms with Crippen LogP contribution in [0, 0.1) is 0 Å². The molecule has 0 aliphatic heterocycles. The summed E-state index contributed by atoms with van der Waals surface area (Å²) in [6.45, 7) is 3.94. The summed E-state index contributed by atoms with van der Waals surface area (Å²) in [4.78, 5) is 22.9. The van der Waals surface area contributed by atoms with Gasteiger partial charge in [0.15, 0.2) is 0 Å². The molecule has 0 spiro atoms. The van der Waals surface area contributed by atoms with Crippen molar-refractivity contribution < 1.29 is 9.59 Å². The Morgan fingerprint density at radius 2 is 2.00 bits per heavy atom. The SMILES string of the molecule is CSC(C)(C)[C@@H](C=O)NC(=O)SC1CCCC1. The van der Waals surface area contributed by atoms with Crippen molar-refractivity contribution in [3.8, 4) is 0 Å². The highest BCUT2D eigenvalue weighted by molar-refractivity contribution is 8.14. The van der Waals surface area contributed by atoms with E-state index in [1.54, 1.807) is 11.8 Å². The van der Waals surface area contributed by atoms with Crippen LogP contribution in [0.2, 0.25) is 0 Å². The molecule has 1 atom stereocenters. The predicted molar refractivity (Wildman–Crippen MR) is 75.8 cm³/mol. The van der Waals surface area contributed by atoms with Gasteiger partial charge in [-0.25, -0.2) is 0 Å². The normalized spacial score (nSPS) is 19.0. The third-order valence-corrected chi connectivity index (χ3v) is 5.70. The third kappa shape index (κ3) is 4.54. The summed E-state index contributed by atoms with van der Waals surface area (Å²) >= 11 is 2.95. The van der Waals surface area contributed by atoms with Gasteiger partial charge in [-0.15, -0.1) is 0 Å². The van der Waals surface area contributed by atoms with Crippen LogP contribution in [0.5, 0.6) is 0 Å². The van der Waals surface area contributed by atoms with Crippen LogP contribution in [0.15, 0.2) is 0 Å². The molecule has 1 fully saturated rings. The van der Waals surface area contributed by atoms with Gasteiger partial charge in [-0.3, -0.25) is 4.79 Å². The van der Waals surface area contributed by atoms with Gasteiger partial charge in [0.1, 0.15) is 6.29 Å². The predicted octanol–water partition coefficient (Wildman–Crippen LogP) is 3.08.